The minimum Gasteiger partial charge on any atom is -0.493 e. The second kappa shape index (κ2) is 6.15. The predicted molar refractivity (Wildman–Crippen MR) is 82.1 cm³/mol. The third-order valence-corrected chi connectivity index (χ3v) is 4.56. The summed E-state index contributed by atoms with van der Waals surface area (Å²) in [5, 5.41) is 3.75. The van der Waals surface area contributed by atoms with Crippen molar-refractivity contribution in [2.24, 2.45) is 5.92 Å². The molecule has 0 radical (unpaired) electrons. The Morgan fingerprint density at radius 1 is 1.30 bits per heavy atom. The van der Waals surface area contributed by atoms with Crippen molar-refractivity contribution in [1.82, 2.24) is 10.2 Å². The Bertz CT molecular complexity index is 444. The first kappa shape index (κ1) is 13.9. The van der Waals surface area contributed by atoms with Crippen LogP contribution in [0.2, 0.25) is 0 Å². The van der Waals surface area contributed by atoms with E-state index in [2.05, 4.69) is 48.3 Å². The van der Waals surface area contributed by atoms with Crippen LogP contribution in [0.1, 0.15) is 38.3 Å². The molecule has 1 fully saturated rings. The number of hydrogen-bond acceptors (Lipinski definition) is 3. The zero-order valence-corrected chi connectivity index (χ0v) is 12.6. The minimum atomic E-state index is 0.429. The van der Waals surface area contributed by atoms with Crippen molar-refractivity contribution in [3.05, 3.63) is 29.8 Å². The van der Waals surface area contributed by atoms with Gasteiger partial charge in [0, 0.05) is 36.7 Å². The van der Waals surface area contributed by atoms with Crippen molar-refractivity contribution in [2.45, 2.75) is 38.8 Å². The van der Waals surface area contributed by atoms with Gasteiger partial charge in [0.05, 0.1) is 6.61 Å². The number of fused-ring (bicyclic) bond motifs is 1. The number of ether oxygens (including phenoxy) is 1. The largest absolute Gasteiger partial charge is 0.493 e. The lowest BCUT2D eigenvalue weighted by atomic mass is 9.92. The van der Waals surface area contributed by atoms with Crippen LogP contribution in [-0.4, -0.2) is 37.2 Å². The summed E-state index contributed by atoms with van der Waals surface area (Å²) in [6.07, 6.45) is 2.79. The van der Waals surface area contributed by atoms with Crippen LogP contribution in [0.3, 0.4) is 0 Å². The zero-order chi connectivity index (χ0) is 13.9. The highest BCUT2D eigenvalue weighted by molar-refractivity contribution is 5.37. The van der Waals surface area contributed by atoms with Crippen molar-refractivity contribution in [1.29, 1.82) is 0 Å². The Kier molecular flexibility index (Phi) is 4.27. The number of benzene rings is 1. The lowest BCUT2D eigenvalue weighted by Crippen LogP contribution is -2.39. The fraction of sp³-hybridized carbons (Fsp3) is 0.647. The lowest BCUT2D eigenvalue weighted by Gasteiger charge is -2.33. The molecule has 0 saturated heterocycles. The van der Waals surface area contributed by atoms with Crippen LogP contribution >= 0.6 is 0 Å². The van der Waals surface area contributed by atoms with E-state index < -0.39 is 0 Å². The van der Waals surface area contributed by atoms with Crippen molar-refractivity contribution >= 4 is 0 Å². The van der Waals surface area contributed by atoms with Crippen molar-refractivity contribution < 1.29 is 4.74 Å². The molecule has 1 aromatic rings. The summed E-state index contributed by atoms with van der Waals surface area (Å²) in [5.41, 5.74) is 1.32. The van der Waals surface area contributed by atoms with Gasteiger partial charge >= 0.3 is 0 Å². The van der Waals surface area contributed by atoms with Crippen molar-refractivity contribution in [3.8, 4) is 5.75 Å². The van der Waals surface area contributed by atoms with E-state index in [9.17, 15) is 0 Å². The number of hydrogen-bond donors (Lipinski definition) is 1. The van der Waals surface area contributed by atoms with Crippen LogP contribution < -0.4 is 10.1 Å². The quantitative estimate of drug-likeness (QED) is 0.863. The molecule has 2 unspecified atom stereocenters. The average Bonchev–Trinajstić information content (AvgIpc) is 3.30. The fourth-order valence-electron chi connectivity index (χ4n) is 3.21. The molecule has 1 aliphatic carbocycles. The number of para-hydroxylation sites is 1. The van der Waals surface area contributed by atoms with Gasteiger partial charge < -0.3 is 10.1 Å². The molecule has 1 aliphatic heterocycles. The number of rotatable bonds is 6. The van der Waals surface area contributed by atoms with E-state index in [1.54, 1.807) is 0 Å². The molecule has 1 heterocycles. The van der Waals surface area contributed by atoms with E-state index in [-0.39, 0.29) is 0 Å². The molecule has 110 valence electrons. The maximum Gasteiger partial charge on any atom is 0.124 e. The van der Waals surface area contributed by atoms with Crippen LogP contribution in [0.15, 0.2) is 24.3 Å². The molecule has 1 saturated carbocycles. The van der Waals surface area contributed by atoms with Gasteiger partial charge in [-0.2, -0.15) is 0 Å². The van der Waals surface area contributed by atoms with Gasteiger partial charge in [-0.1, -0.05) is 32.0 Å². The van der Waals surface area contributed by atoms with Crippen LogP contribution in [0.25, 0.3) is 0 Å². The average molecular weight is 274 g/mol. The Balaban J connectivity index is 1.58. The van der Waals surface area contributed by atoms with Crippen molar-refractivity contribution in [3.63, 3.8) is 0 Å². The van der Waals surface area contributed by atoms with Crippen LogP contribution in [-0.2, 0) is 0 Å². The lowest BCUT2D eigenvalue weighted by molar-refractivity contribution is 0.183. The van der Waals surface area contributed by atoms with Gasteiger partial charge in [-0.25, -0.2) is 0 Å². The third kappa shape index (κ3) is 2.99. The molecular formula is C17H26N2O. The molecule has 0 spiro atoms. The van der Waals surface area contributed by atoms with Gasteiger partial charge in [0.2, 0.25) is 0 Å². The molecule has 2 atom stereocenters. The van der Waals surface area contributed by atoms with E-state index in [0.29, 0.717) is 12.0 Å². The molecule has 3 heteroatoms. The van der Waals surface area contributed by atoms with Gasteiger partial charge in [-0.15, -0.1) is 0 Å². The topological polar surface area (TPSA) is 24.5 Å². The summed E-state index contributed by atoms with van der Waals surface area (Å²) in [6.45, 7) is 8.75. The maximum absolute atomic E-state index is 5.81. The molecule has 1 N–H and O–H groups in total. The van der Waals surface area contributed by atoms with Crippen molar-refractivity contribution in [2.75, 3.05) is 26.2 Å². The summed E-state index contributed by atoms with van der Waals surface area (Å²) in [4.78, 5) is 2.60. The molecule has 3 rings (SSSR count). The van der Waals surface area contributed by atoms with Crippen LogP contribution in [0.4, 0.5) is 0 Å². The van der Waals surface area contributed by atoms with Gasteiger partial charge in [0.15, 0.2) is 0 Å². The Morgan fingerprint density at radius 2 is 2.10 bits per heavy atom. The molecule has 20 heavy (non-hydrogen) atoms. The molecule has 0 aromatic heterocycles. The Hall–Kier alpha value is -1.06. The number of nitrogens with zero attached hydrogens (tertiary/aromatic N) is 1. The third-order valence-electron chi connectivity index (χ3n) is 4.56. The monoisotopic (exact) mass is 274 g/mol. The standard InChI is InChI=1S/C17H26N2O/c1-3-19(14-8-9-14)11-10-18-17-13(2)12-20-16-7-5-4-6-15(16)17/h4-7,13-14,17-18H,3,8-12H2,1-2H3. The van der Waals surface area contributed by atoms with E-state index in [1.165, 1.54) is 24.9 Å². The van der Waals surface area contributed by atoms with E-state index in [4.69, 9.17) is 4.74 Å². The van der Waals surface area contributed by atoms with Gasteiger partial charge in [-0.3, -0.25) is 4.90 Å². The van der Waals surface area contributed by atoms with E-state index in [0.717, 1.165) is 31.5 Å². The number of likely N-dealkylation sites (N-methyl/N-ethyl adjacent to an activating group) is 1. The molecule has 1 aromatic carbocycles. The summed E-state index contributed by atoms with van der Waals surface area (Å²) in [6, 6.07) is 9.73. The Labute approximate surface area is 122 Å². The summed E-state index contributed by atoms with van der Waals surface area (Å²) >= 11 is 0. The Morgan fingerprint density at radius 3 is 2.85 bits per heavy atom. The highest BCUT2D eigenvalue weighted by Crippen LogP contribution is 2.34. The molecule has 2 aliphatic rings. The smallest absolute Gasteiger partial charge is 0.124 e. The SMILES string of the molecule is CCN(CCNC1c2ccccc2OCC1C)C1CC1. The maximum atomic E-state index is 5.81. The zero-order valence-electron chi connectivity index (χ0n) is 12.6. The first-order valence-corrected chi connectivity index (χ1v) is 7.98. The van der Waals surface area contributed by atoms with Gasteiger partial charge in [0.25, 0.3) is 0 Å². The van der Waals surface area contributed by atoms with Gasteiger partial charge in [-0.05, 0) is 25.5 Å². The highest BCUT2D eigenvalue weighted by Gasteiger charge is 2.29. The molecular weight excluding hydrogens is 248 g/mol. The fourth-order valence-corrected chi connectivity index (χ4v) is 3.21. The van der Waals surface area contributed by atoms with Gasteiger partial charge in [0.1, 0.15) is 5.75 Å². The van der Waals surface area contributed by atoms with E-state index in [1.807, 2.05) is 0 Å². The molecule has 3 nitrogen and oxygen atoms in total. The summed E-state index contributed by atoms with van der Waals surface area (Å²) < 4.78 is 5.81. The normalized spacial score (nSPS) is 25.4. The predicted octanol–water partition coefficient (Wildman–Crippen LogP) is 2.83. The second-order valence-corrected chi connectivity index (χ2v) is 6.12. The number of nitrogens with one attached hydrogen (secondary N) is 1. The van der Waals surface area contributed by atoms with Crippen LogP contribution in [0, 0.1) is 5.92 Å². The van der Waals surface area contributed by atoms with Crippen LogP contribution in [0.5, 0.6) is 5.75 Å². The van der Waals surface area contributed by atoms with E-state index >= 15 is 0 Å². The second-order valence-electron chi connectivity index (χ2n) is 6.12. The first-order valence-electron chi connectivity index (χ1n) is 7.98. The summed E-state index contributed by atoms with van der Waals surface area (Å²) in [7, 11) is 0. The molecule has 0 amide bonds. The first-order chi connectivity index (χ1) is 9.79. The molecule has 0 bridgehead atoms. The minimum absolute atomic E-state index is 0.429. The highest BCUT2D eigenvalue weighted by atomic mass is 16.5. The summed E-state index contributed by atoms with van der Waals surface area (Å²) in [5.74, 6) is 1.58.